The number of methoxy groups -OCH3 is 1. The molecule has 2 aliphatic rings. The third-order valence-corrected chi connectivity index (χ3v) is 4.56. The molecule has 2 heterocycles. The largest absolute Gasteiger partial charge is 0.468 e. The Morgan fingerprint density at radius 1 is 1.24 bits per heavy atom. The van der Waals surface area contributed by atoms with Crippen LogP contribution in [0.15, 0.2) is 0 Å². The second kappa shape index (κ2) is 7.11. The van der Waals surface area contributed by atoms with Crippen molar-refractivity contribution in [2.75, 3.05) is 39.8 Å². The highest BCUT2D eigenvalue weighted by atomic mass is 16.5. The zero-order valence-corrected chi connectivity index (χ0v) is 13.4. The Morgan fingerprint density at radius 3 is 2.48 bits per heavy atom. The lowest BCUT2D eigenvalue weighted by Gasteiger charge is -2.43. The Morgan fingerprint density at radius 2 is 1.90 bits per heavy atom. The molecule has 6 nitrogen and oxygen atoms in total. The average Bonchev–Trinajstić information content (AvgIpc) is 2.49. The number of amides is 2. The summed E-state index contributed by atoms with van der Waals surface area (Å²) in [5.41, 5.74) is 0. The highest BCUT2D eigenvalue weighted by Crippen LogP contribution is 2.22. The van der Waals surface area contributed by atoms with E-state index in [0.29, 0.717) is 18.6 Å². The Kier molecular flexibility index (Phi) is 5.45. The van der Waals surface area contributed by atoms with Crippen LogP contribution in [-0.4, -0.2) is 78.6 Å². The third-order valence-electron chi connectivity index (χ3n) is 4.56. The van der Waals surface area contributed by atoms with Gasteiger partial charge in [-0.25, -0.2) is 4.79 Å². The highest BCUT2D eigenvalue weighted by molar-refractivity contribution is 5.81. The van der Waals surface area contributed by atoms with Crippen molar-refractivity contribution >= 4 is 12.0 Å². The van der Waals surface area contributed by atoms with Gasteiger partial charge in [-0.1, -0.05) is 0 Å². The number of nitrogens with zero attached hydrogens (tertiary/aromatic N) is 3. The SMILES string of the molecule is COC(=O)CN1CCCN(C2CCN(C(C)C)CC2)C1=O. The number of urea groups is 1. The van der Waals surface area contributed by atoms with Crippen LogP contribution in [0.5, 0.6) is 0 Å². The fourth-order valence-corrected chi connectivity index (χ4v) is 3.22. The molecule has 0 aromatic heterocycles. The van der Waals surface area contributed by atoms with Crippen LogP contribution in [0, 0.1) is 0 Å². The van der Waals surface area contributed by atoms with Gasteiger partial charge >= 0.3 is 12.0 Å². The number of hydrogen-bond acceptors (Lipinski definition) is 4. The first kappa shape index (κ1) is 16.1. The van der Waals surface area contributed by atoms with Gasteiger partial charge in [-0.05, 0) is 33.1 Å². The van der Waals surface area contributed by atoms with E-state index >= 15 is 0 Å². The van der Waals surface area contributed by atoms with Gasteiger partial charge in [0.2, 0.25) is 0 Å². The molecular formula is C15H27N3O3. The van der Waals surface area contributed by atoms with Gasteiger partial charge < -0.3 is 19.4 Å². The molecule has 21 heavy (non-hydrogen) atoms. The van der Waals surface area contributed by atoms with Gasteiger partial charge in [0.25, 0.3) is 0 Å². The summed E-state index contributed by atoms with van der Waals surface area (Å²) in [7, 11) is 1.36. The van der Waals surface area contributed by atoms with E-state index in [1.165, 1.54) is 7.11 Å². The maximum Gasteiger partial charge on any atom is 0.325 e. The first-order chi connectivity index (χ1) is 10.0. The second-order valence-corrected chi connectivity index (χ2v) is 6.19. The molecule has 0 saturated carbocycles. The molecular weight excluding hydrogens is 270 g/mol. The fraction of sp³-hybridized carbons (Fsp3) is 0.867. The number of carbonyl (C=O) groups is 2. The van der Waals surface area contributed by atoms with Crippen LogP contribution in [0.4, 0.5) is 4.79 Å². The zero-order valence-electron chi connectivity index (χ0n) is 13.4. The number of piperidine rings is 1. The van der Waals surface area contributed by atoms with Gasteiger partial charge in [0.05, 0.1) is 7.11 Å². The van der Waals surface area contributed by atoms with Crippen LogP contribution in [0.25, 0.3) is 0 Å². The van der Waals surface area contributed by atoms with Crippen molar-refractivity contribution in [2.45, 2.75) is 45.2 Å². The smallest absolute Gasteiger partial charge is 0.325 e. The summed E-state index contributed by atoms with van der Waals surface area (Å²) < 4.78 is 4.66. The minimum atomic E-state index is -0.347. The van der Waals surface area contributed by atoms with Crippen LogP contribution >= 0.6 is 0 Å². The minimum absolute atomic E-state index is 0.00496. The quantitative estimate of drug-likeness (QED) is 0.731. The van der Waals surface area contributed by atoms with Crippen LogP contribution < -0.4 is 0 Å². The van der Waals surface area contributed by atoms with Crippen molar-refractivity contribution in [1.29, 1.82) is 0 Å². The normalized spacial score (nSPS) is 22.0. The molecule has 0 aliphatic carbocycles. The van der Waals surface area contributed by atoms with Crippen molar-refractivity contribution in [2.24, 2.45) is 0 Å². The minimum Gasteiger partial charge on any atom is -0.468 e. The van der Waals surface area contributed by atoms with Gasteiger partial charge in [-0.15, -0.1) is 0 Å². The number of rotatable bonds is 4. The van der Waals surface area contributed by atoms with Crippen molar-refractivity contribution in [3.63, 3.8) is 0 Å². The second-order valence-electron chi connectivity index (χ2n) is 6.19. The number of hydrogen-bond donors (Lipinski definition) is 0. The Balaban J connectivity index is 1.91. The van der Waals surface area contributed by atoms with Gasteiger partial charge in [0, 0.05) is 38.3 Å². The summed E-state index contributed by atoms with van der Waals surface area (Å²) in [6.07, 6.45) is 2.97. The lowest BCUT2D eigenvalue weighted by Crippen LogP contribution is -2.57. The molecule has 0 bridgehead atoms. The average molecular weight is 297 g/mol. The molecule has 0 aromatic carbocycles. The summed E-state index contributed by atoms with van der Waals surface area (Å²) >= 11 is 0. The molecule has 0 radical (unpaired) electrons. The van der Waals surface area contributed by atoms with Gasteiger partial charge in [0.1, 0.15) is 6.54 Å². The zero-order chi connectivity index (χ0) is 15.4. The first-order valence-electron chi connectivity index (χ1n) is 7.89. The molecule has 2 saturated heterocycles. The summed E-state index contributed by atoms with van der Waals surface area (Å²) in [5, 5.41) is 0. The summed E-state index contributed by atoms with van der Waals surface area (Å²) in [5.74, 6) is -0.347. The van der Waals surface area contributed by atoms with Crippen LogP contribution in [0.1, 0.15) is 33.1 Å². The van der Waals surface area contributed by atoms with Crippen molar-refractivity contribution in [1.82, 2.24) is 14.7 Å². The molecule has 2 fully saturated rings. The van der Waals surface area contributed by atoms with Gasteiger partial charge in [-0.3, -0.25) is 4.79 Å². The molecule has 2 amide bonds. The van der Waals surface area contributed by atoms with Gasteiger partial charge in [0.15, 0.2) is 0 Å². The molecule has 0 spiro atoms. The highest BCUT2D eigenvalue weighted by Gasteiger charge is 2.34. The molecule has 2 rings (SSSR count). The van der Waals surface area contributed by atoms with Crippen molar-refractivity contribution in [3.05, 3.63) is 0 Å². The number of likely N-dealkylation sites (tertiary alicyclic amines) is 1. The number of carbonyl (C=O) groups excluding carboxylic acids is 2. The lowest BCUT2D eigenvalue weighted by atomic mass is 10.0. The standard InChI is InChI=1S/C15H27N3O3/c1-12(2)16-9-5-13(6-10-16)18-8-4-7-17(15(18)20)11-14(19)21-3/h12-13H,4-11H2,1-3H3. The monoisotopic (exact) mass is 297 g/mol. The Labute approximate surface area is 127 Å². The lowest BCUT2D eigenvalue weighted by molar-refractivity contribution is -0.141. The van der Waals surface area contributed by atoms with E-state index in [0.717, 1.165) is 38.9 Å². The first-order valence-corrected chi connectivity index (χ1v) is 7.89. The van der Waals surface area contributed by atoms with Gasteiger partial charge in [-0.2, -0.15) is 0 Å². The molecule has 0 N–H and O–H groups in total. The predicted octanol–water partition coefficient (Wildman–Crippen LogP) is 1.16. The van der Waals surface area contributed by atoms with Crippen molar-refractivity contribution in [3.8, 4) is 0 Å². The van der Waals surface area contributed by atoms with E-state index in [4.69, 9.17) is 0 Å². The van der Waals surface area contributed by atoms with E-state index in [1.807, 2.05) is 4.90 Å². The summed E-state index contributed by atoms with van der Waals surface area (Å²) in [4.78, 5) is 29.9. The summed E-state index contributed by atoms with van der Waals surface area (Å²) in [6, 6.07) is 0.876. The Bertz CT molecular complexity index is 378. The van der Waals surface area contributed by atoms with Crippen LogP contribution in [-0.2, 0) is 9.53 Å². The molecule has 2 aliphatic heterocycles. The van der Waals surface area contributed by atoms with E-state index in [-0.39, 0.29) is 18.5 Å². The summed E-state index contributed by atoms with van der Waals surface area (Å²) in [6.45, 7) is 8.04. The number of ether oxygens (including phenoxy) is 1. The molecule has 0 unspecified atom stereocenters. The fourth-order valence-electron chi connectivity index (χ4n) is 3.22. The topological polar surface area (TPSA) is 53.1 Å². The maximum atomic E-state index is 12.5. The Hall–Kier alpha value is -1.30. The van der Waals surface area contributed by atoms with Crippen LogP contribution in [0.3, 0.4) is 0 Å². The van der Waals surface area contributed by atoms with Crippen molar-refractivity contribution < 1.29 is 14.3 Å². The molecule has 0 aromatic rings. The molecule has 6 heteroatoms. The van der Waals surface area contributed by atoms with E-state index < -0.39 is 0 Å². The predicted molar refractivity (Wildman–Crippen MR) is 80.0 cm³/mol. The number of esters is 1. The van der Waals surface area contributed by atoms with E-state index in [9.17, 15) is 9.59 Å². The van der Waals surface area contributed by atoms with E-state index in [2.05, 4.69) is 23.5 Å². The molecule has 0 atom stereocenters. The van der Waals surface area contributed by atoms with Crippen LogP contribution in [0.2, 0.25) is 0 Å². The molecule has 120 valence electrons. The van der Waals surface area contributed by atoms with E-state index in [1.54, 1.807) is 4.90 Å². The maximum absolute atomic E-state index is 12.5. The third kappa shape index (κ3) is 3.87.